The van der Waals surface area contributed by atoms with E-state index >= 15 is 0 Å². The van der Waals surface area contributed by atoms with Crippen LogP contribution >= 0.6 is 0 Å². The Balaban J connectivity index is 1.71. The zero-order valence-corrected chi connectivity index (χ0v) is 17.3. The Hall–Kier alpha value is -4.12. The lowest BCUT2D eigenvalue weighted by Gasteiger charge is -2.12. The summed E-state index contributed by atoms with van der Waals surface area (Å²) in [5.41, 5.74) is 4.47. The summed E-state index contributed by atoms with van der Waals surface area (Å²) in [5.74, 6) is 1.37. The van der Waals surface area contributed by atoms with Crippen molar-refractivity contribution in [3.63, 3.8) is 0 Å². The molecule has 0 atom stereocenters. The van der Waals surface area contributed by atoms with Gasteiger partial charge in [-0.2, -0.15) is 0 Å². The average Bonchev–Trinajstić information content (AvgIpc) is 3.20. The van der Waals surface area contributed by atoms with Gasteiger partial charge in [0.15, 0.2) is 0 Å². The number of methoxy groups -OCH3 is 1. The average molecular weight is 407 g/mol. The first-order chi connectivity index (χ1) is 15.1. The van der Waals surface area contributed by atoms with Gasteiger partial charge >= 0.3 is 0 Å². The molecule has 1 N–H and O–H groups in total. The highest BCUT2D eigenvalue weighted by Gasteiger charge is 2.11. The predicted molar refractivity (Wildman–Crippen MR) is 126 cm³/mol. The van der Waals surface area contributed by atoms with Gasteiger partial charge in [0.1, 0.15) is 11.6 Å². The fourth-order valence-electron chi connectivity index (χ4n) is 3.83. The van der Waals surface area contributed by atoms with E-state index in [0.717, 1.165) is 33.5 Å². The molecule has 0 bridgehead atoms. The van der Waals surface area contributed by atoms with Crippen molar-refractivity contribution >= 4 is 34.0 Å². The maximum atomic E-state index is 13.4. The van der Waals surface area contributed by atoms with Crippen LogP contribution in [0.15, 0.2) is 77.7 Å². The number of benzene rings is 3. The van der Waals surface area contributed by atoms with E-state index < -0.39 is 0 Å². The van der Waals surface area contributed by atoms with Crippen LogP contribution in [0.5, 0.6) is 5.75 Å². The van der Waals surface area contributed by atoms with Gasteiger partial charge < -0.3 is 9.72 Å². The molecule has 0 amide bonds. The number of aromatic amines is 1. The van der Waals surface area contributed by atoms with Gasteiger partial charge in [0.2, 0.25) is 0 Å². The number of H-pyrrole nitrogens is 1. The Bertz CT molecular complexity index is 1510. The number of fused-ring (bicyclic) bond motifs is 2. The molecular formula is C26H21N3O2. The quantitative estimate of drug-likeness (QED) is 0.437. The molecule has 0 aliphatic carbocycles. The first kappa shape index (κ1) is 18.9. The molecular weight excluding hydrogens is 386 g/mol. The molecule has 0 radical (unpaired) electrons. The summed E-state index contributed by atoms with van der Waals surface area (Å²) >= 11 is 0. The molecule has 0 aliphatic heterocycles. The van der Waals surface area contributed by atoms with Gasteiger partial charge in [-0.15, -0.1) is 0 Å². The number of ether oxygens (including phenoxy) is 1. The molecule has 5 heteroatoms. The third kappa shape index (κ3) is 3.40. The van der Waals surface area contributed by atoms with Crippen LogP contribution in [-0.4, -0.2) is 21.6 Å². The van der Waals surface area contributed by atoms with Crippen molar-refractivity contribution in [3.8, 4) is 11.4 Å². The number of para-hydroxylation sites is 1. The molecule has 0 fully saturated rings. The molecule has 0 saturated heterocycles. The first-order valence-electron chi connectivity index (χ1n) is 10.1. The van der Waals surface area contributed by atoms with Crippen LogP contribution in [0.1, 0.15) is 17.0 Å². The van der Waals surface area contributed by atoms with Crippen LogP contribution in [0, 0.1) is 6.92 Å². The summed E-state index contributed by atoms with van der Waals surface area (Å²) in [5, 5.41) is 1.64. The number of hydrogen-bond donors (Lipinski definition) is 1. The summed E-state index contributed by atoms with van der Waals surface area (Å²) in [6.07, 6.45) is 5.80. The summed E-state index contributed by atoms with van der Waals surface area (Å²) in [4.78, 5) is 21.5. The van der Waals surface area contributed by atoms with E-state index in [0.29, 0.717) is 16.7 Å². The minimum Gasteiger partial charge on any atom is -0.497 e. The molecule has 152 valence electrons. The van der Waals surface area contributed by atoms with Crippen molar-refractivity contribution < 1.29 is 4.74 Å². The smallest absolute Gasteiger partial charge is 0.266 e. The van der Waals surface area contributed by atoms with E-state index in [2.05, 4.69) is 4.98 Å². The molecule has 0 spiro atoms. The van der Waals surface area contributed by atoms with Gasteiger partial charge in [-0.05, 0) is 67.1 Å². The first-order valence-corrected chi connectivity index (χ1v) is 10.1. The SMILES string of the molecule is COc1ccc2[nH]cc(/C=C/c3nc4ccccc4c(=O)n3-c3cccc(C)c3)c2c1. The molecule has 5 rings (SSSR count). The zero-order valence-electron chi connectivity index (χ0n) is 17.3. The van der Waals surface area contributed by atoms with Crippen molar-refractivity contribution in [2.45, 2.75) is 6.92 Å². The van der Waals surface area contributed by atoms with E-state index in [1.165, 1.54) is 0 Å². The van der Waals surface area contributed by atoms with Crippen LogP contribution in [-0.2, 0) is 0 Å². The summed E-state index contributed by atoms with van der Waals surface area (Å²) < 4.78 is 7.03. The number of aryl methyl sites for hydroxylation is 1. The Morgan fingerprint density at radius 1 is 0.968 bits per heavy atom. The number of nitrogens with zero attached hydrogens (tertiary/aromatic N) is 2. The number of nitrogens with one attached hydrogen (secondary N) is 1. The Morgan fingerprint density at radius 3 is 2.68 bits per heavy atom. The normalized spacial score (nSPS) is 11.5. The number of hydrogen-bond acceptors (Lipinski definition) is 3. The Labute approximate surface area is 179 Å². The lowest BCUT2D eigenvalue weighted by Crippen LogP contribution is -2.22. The van der Waals surface area contributed by atoms with Gasteiger partial charge in [0.25, 0.3) is 5.56 Å². The Kier molecular flexibility index (Phi) is 4.64. The monoisotopic (exact) mass is 407 g/mol. The van der Waals surface area contributed by atoms with E-state index in [-0.39, 0.29) is 5.56 Å². The fourth-order valence-corrected chi connectivity index (χ4v) is 3.83. The van der Waals surface area contributed by atoms with Crippen molar-refractivity contribution in [2.75, 3.05) is 7.11 Å². The summed E-state index contributed by atoms with van der Waals surface area (Å²) in [6, 6.07) is 21.2. The zero-order chi connectivity index (χ0) is 21.4. The highest BCUT2D eigenvalue weighted by molar-refractivity contribution is 5.92. The highest BCUT2D eigenvalue weighted by atomic mass is 16.5. The van der Waals surface area contributed by atoms with E-state index in [1.54, 1.807) is 11.7 Å². The lowest BCUT2D eigenvalue weighted by atomic mass is 10.1. The predicted octanol–water partition coefficient (Wildman–Crippen LogP) is 5.35. The van der Waals surface area contributed by atoms with Crippen LogP contribution < -0.4 is 10.3 Å². The van der Waals surface area contributed by atoms with Gasteiger partial charge in [-0.1, -0.05) is 24.3 Å². The van der Waals surface area contributed by atoms with Gasteiger partial charge in [-0.25, -0.2) is 4.98 Å². The second kappa shape index (κ2) is 7.61. The summed E-state index contributed by atoms with van der Waals surface area (Å²) in [6.45, 7) is 2.01. The fraction of sp³-hybridized carbons (Fsp3) is 0.0769. The Morgan fingerprint density at radius 2 is 1.84 bits per heavy atom. The third-order valence-electron chi connectivity index (χ3n) is 5.39. The second-order valence-corrected chi connectivity index (χ2v) is 7.46. The standard InChI is InChI=1S/C26H21N3O2/c1-17-6-5-7-19(14-17)29-25(28-24-9-4-3-8-21(24)26(29)30)13-10-18-16-27-23-12-11-20(31-2)15-22(18)23/h3-16,27H,1-2H3/b13-10+. The van der Waals surface area contributed by atoms with Crippen LogP contribution in [0.3, 0.4) is 0 Å². The van der Waals surface area contributed by atoms with E-state index in [9.17, 15) is 4.79 Å². The molecule has 5 aromatic rings. The minimum absolute atomic E-state index is 0.0866. The maximum Gasteiger partial charge on any atom is 0.266 e. The molecule has 2 aromatic heterocycles. The highest BCUT2D eigenvalue weighted by Crippen LogP contribution is 2.25. The van der Waals surface area contributed by atoms with Crippen molar-refractivity contribution in [2.24, 2.45) is 0 Å². The van der Waals surface area contributed by atoms with Crippen LogP contribution in [0.25, 0.3) is 39.6 Å². The van der Waals surface area contributed by atoms with Crippen molar-refractivity contribution in [1.82, 2.24) is 14.5 Å². The molecule has 31 heavy (non-hydrogen) atoms. The molecule has 2 heterocycles. The van der Waals surface area contributed by atoms with Crippen molar-refractivity contribution in [1.29, 1.82) is 0 Å². The van der Waals surface area contributed by atoms with E-state index in [4.69, 9.17) is 9.72 Å². The van der Waals surface area contributed by atoms with Crippen LogP contribution in [0.4, 0.5) is 0 Å². The topological polar surface area (TPSA) is 59.9 Å². The third-order valence-corrected chi connectivity index (χ3v) is 5.39. The van der Waals surface area contributed by atoms with Gasteiger partial charge in [-0.3, -0.25) is 9.36 Å². The largest absolute Gasteiger partial charge is 0.497 e. The molecule has 5 nitrogen and oxygen atoms in total. The minimum atomic E-state index is -0.0866. The molecule has 3 aromatic carbocycles. The molecule has 0 aliphatic rings. The van der Waals surface area contributed by atoms with Gasteiger partial charge in [0, 0.05) is 22.7 Å². The summed E-state index contributed by atoms with van der Waals surface area (Å²) in [7, 11) is 1.66. The second-order valence-electron chi connectivity index (χ2n) is 7.46. The number of aromatic nitrogens is 3. The molecule has 0 unspecified atom stereocenters. The lowest BCUT2D eigenvalue weighted by molar-refractivity contribution is 0.415. The van der Waals surface area contributed by atoms with Crippen molar-refractivity contribution in [3.05, 3.63) is 100 Å². The number of rotatable bonds is 4. The van der Waals surface area contributed by atoms with E-state index in [1.807, 2.05) is 92.0 Å². The maximum absolute atomic E-state index is 13.4. The molecule has 0 saturated carbocycles. The van der Waals surface area contributed by atoms with Gasteiger partial charge in [0.05, 0.1) is 23.7 Å². The van der Waals surface area contributed by atoms with Crippen LogP contribution in [0.2, 0.25) is 0 Å².